The fourth-order valence-electron chi connectivity index (χ4n) is 2.21. The van der Waals surface area contributed by atoms with Crippen LogP contribution in [0.2, 0.25) is 10.0 Å². The van der Waals surface area contributed by atoms with Crippen LogP contribution in [0.15, 0.2) is 48.7 Å². The zero-order chi connectivity index (χ0) is 18.0. The molecule has 0 radical (unpaired) electrons. The number of carbonyl (C=O) groups is 1. The van der Waals surface area contributed by atoms with Crippen LogP contribution >= 0.6 is 23.2 Å². The quantitative estimate of drug-likeness (QED) is 0.688. The highest BCUT2D eigenvalue weighted by Crippen LogP contribution is 2.26. The van der Waals surface area contributed by atoms with Crippen molar-refractivity contribution in [3.63, 3.8) is 0 Å². The Balaban J connectivity index is 1.85. The van der Waals surface area contributed by atoms with Crippen LogP contribution in [0.5, 0.6) is 0 Å². The summed E-state index contributed by atoms with van der Waals surface area (Å²) in [4.78, 5) is 20.9. The molecule has 1 heterocycles. The molecule has 0 saturated carbocycles. The molecule has 0 fully saturated rings. The molecular weight excluding hydrogens is 364 g/mol. The summed E-state index contributed by atoms with van der Waals surface area (Å²) in [5, 5.41) is 3.52. The number of benzene rings is 2. The van der Waals surface area contributed by atoms with Gasteiger partial charge in [-0.2, -0.15) is 0 Å². The van der Waals surface area contributed by atoms with Crippen molar-refractivity contribution in [1.82, 2.24) is 9.97 Å². The molecule has 0 spiro atoms. The maximum absolute atomic E-state index is 13.0. The van der Waals surface area contributed by atoms with Crippen LogP contribution in [0, 0.1) is 12.7 Å². The van der Waals surface area contributed by atoms with Crippen molar-refractivity contribution in [2.24, 2.45) is 0 Å². The normalized spacial score (nSPS) is 10.6. The van der Waals surface area contributed by atoms with Crippen LogP contribution in [0.4, 0.5) is 10.1 Å². The van der Waals surface area contributed by atoms with E-state index in [0.717, 1.165) is 0 Å². The van der Waals surface area contributed by atoms with Gasteiger partial charge in [0.05, 0.1) is 22.0 Å². The Kier molecular flexibility index (Phi) is 4.97. The van der Waals surface area contributed by atoms with E-state index in [9.17, 15) is 9.18 Å². The second-order valence-corrected chi connectivity index (χ2v) is 6.12. The van der Waals surface area contributed by atoms with Crippen LogP contribution in [0.1, 0.15) is 16.1 Å². The van der Waals surface area contributed by atoms with Gasteiger partial charge in [-0.15, -0.1) is 0 Å². The van der Waals surface area contributed by atoms with Gasteiger partial charge in [-0.3, -0.25) is 4.79 Å². The average Bonchev–Trinajstić information content (AvgIpc) is 2.58. The maximum Gasteiger partial charge on any atom is 0.259 e. The van der Waals surface area contributed by atoms with Crippen LogP contribution < -0.4 is 5.32 Å². The second-order valence-electron chi connectivity index (χ2n) is 5.28. The number of aryl methyl sites for hydroxylation is 1. The third kappa shape index (κ3) is 3.95. The fraction of sp³-hybridized carbons (Fsp3) is 0.0556. The first-order valence-corrected chi connectivity index (χ1v) is 8.05. The van der Waals surface area contributed by atoms with E-state index >= 15 is 0 Å². The number of anilines is 1. The minimum atomic E-state index is -0.382. The summed E-state index contributed by atoms with van der Waals surface area (Å²) < 4.78 is 13.0. The highest BCUT2D eigenvalue weighted by atomic mass is 35.5. The van der Waals surface area contributed by atoms with Crippen molar-refractivity contribution in [2.45, 2.75) is 6.92 Å². The average molecular weight is 376 g/mol. The van der Waals surface area contributed by atoms with E-state index in [-0.39, 0.29) is 11.7 Å². The molecule has 0 unspecified atom stereocenters. The molecule has 4 nitrogen and oxygen atoms in total. The van der Waals surface area contributed by atoms with Gasteiger partial charge in [0.25, 0.3) is 5.91 Å². The van der Waals surface area contributed by atoms with Crippen LogP contribution in [0.3, 0.4) is 0 Å². The van der Waals surface area contributed by atoms with E-state index in [1.54, 1.807) is 37.3 Å². The van der Waals surface area contributed by atoms with Gasteiger partial charge in [-0.25, -0.2) is 14.4 Å². The lowest BCUT2D eigenvalue weighted by Crippen LogP contribution is -2.15. The number of hydrogen-bond acceptors (Lipinski definition) is 3. The smallest absolute Gasteiger partial charge is 0.259 e. The number of halogens is 3. The molecule has 3 rings (SSSR count). The highest BCUT2D eigenvalue weighted by molar-refractivity contribution is 6.36. The monoisotopic (exact) mass is 375 g/mol. The number of rotatable bonds is 3. The minimum Gasteiger partial charge on any atom is -0.321 e. The highest BCUT2D eigenvalue weighted by Gasteiger charge is 2.14. The van der Waals surface area contributed by atoms with Gasteiger partial charge in [0, 0.05) is 16.8 Å². The summed E-state index contributed by atoms with van der Waals surface area (Å²) >= 11 is 11.9. The molecule has 0 saturated heterocycles. The van der Waals surface area contributed by atoms with Gasteiger partial charge in [-0.05, 0) is 49.4 Å². The number of nitrogens with one attached hydrogen (secondary N) is 1. The number of carbonyl (C=O) groups excluding carboxylic acids is 1. The molecule has 7 heteroatoms. The topological polar surface area (TPSA) is 54.9 Å². The Bertz CT molecular complexity index is 946. The van der Waals surface area contributed by atoms with Crippen molar-refractivity contribution in [2.75, 3.05) is 5.32 Å². The molecule has 126 valence electrons. The first kappa shape index (κ1) is 17.3. The Morgan fingerprint density at radius 3 is 2.48 bits per heavy atom. The van der Waals surface area contributed by atoms with E-state index in [4.69, 9.17) is 23.2 Å². The summed E-state index contributed by atoms with van der Waals surface area (Å²) in [5.74, 6) is -0.303. The molecule has 0 atom stereocenters. The summed E-state index contributed by atoms with van der Waals surface area (Å²) in [5.41, 5.74) is 1.92. The first-order chi connectivity index (χ1) is 11.9. The molecule has 25 heavy (non-hydrogen) atoms. The molecule has 2 aromatic carbocycles. The summed E-state index contributed by atoms with van der Waals surface area (Å²) in [7, 11) is 0. The van der Waals surface area contributed by atoms with Crippen LogP contribution in [-0.2, 0) is 0 Å². The summed E-state index contributed by atoms with van der Waals surface area (Å²) in [6.45, 7) is 1.70. The zero-order valence-corrected chi connectivity index (χ0v) is 14.6. The van der Waals surface area contributed by atoms with Gasteiger partial charge < -0.3 is 5.32 Å². The van der Waals surface area contributed by atoms with E-state index in [1.165, 1.54) is 18.3 Å². The molecular formula is C18H12Cl2FN3O. The Labute approximate surface area is 153 Å². The fourth-order valence-corrected chi connectivity index (χ4v) is 2.66. The van der Waals surface area contributed by atoms with Crippen molar-refractivity contribution < 1.29 is 9.18 Å². The molecule has 0 aliphatic rings. The van der Waals surface area contributed by atoms with Crippen molar-refractivity contribution in [3.05, 3.63) is 75.8 Å². The SMILES string of the molecule is Cc1nc(-c2ccc(F)cc2)ncc1C(=O)Nc1ccc(Cl)cc1Cl. The van der Waals surface area contributed by atoms with E-state index in [2.05, 4.69) is 15.3 Å². The summed E-state index contributed by atoms with van der Waals surface area (Å²) in [6, 6.07) is 10.6. The molecule has 1 amide bonds. The van der Waals surface area contributed by atoms with Gasteiger partial charge in [0.15, 0.2) is 5.82 Å². The number of amides is 1. The number of hydrogen-bond donors (Lipinski definition) is 1. The lowest BCUT2D eigenvalue weighted by atomic mass is 10.1. The van der Waals surface area contributed by atoms with E-state index < -0.39 is 0 Å². The van der Waals surface area contributed by atoms with Crippen molar-refractivity contribution in [1.29, 1.82) is 0 Å². The molecule has 1 aromatic heterocycles. The minimum absolute atomic E-state index is 0.317. The zero-order valence-electron chi connectivity index (χ0n) is 13.1. The van der Waals surface area contributed by atoms with E-state index in [1.807, 2.05) is 0 Å². The predicted molar refractivity (Wildman–Crippen MR) is 96.6 cm³/mol. The second kappa shape index (κ2) is 7.17. The Morgan fingerprint density at radius 2 is 1.84 bits per heavy atom. The Morgan fingerprint density at radius 1 is 1.12 bits per heavy atom. The van der Waals surface area contributed by atoms with Gasteiger partial charge in [0.1, 0.15) is 5.82 Å². The Hall–Kier alpha value is -2.50. The van der Waals surface area contributed by atoms with Gasteiger partial charge in [-0.1, -0.05) is 23.2 Å². The molecule has 3 aromatic rings. The summed E-state index contributed by atoms with van der Waals surface area (Å²) in [6.07, 6.45) is 1.43. The van der Waals surface area contributed by atoms with Crippen molar-refractivity contribution in [3.8, 4) is 11.4 Å². The third-order valence-electron chi connectivity index (χ3n) is 3.51. The van der Waals surface area contributed by atoms with Gasteiger partial charge in [0.2, 0.25) is 0 Å². The lowest BCUT2D eigenvalue weighted by Gasteiger charge is -2.10. The number of nitrogens with zero attached hydrogens (tertiary/aromatic N) is 2. The van der Waals surface area contributed by atoms with Gasteiger partial charge >= 0.3 is 0 Å². The lowest BCUT2D eigenvalue weighted by molar-refractivity contribution is 0.102. The van der Waals surface area contributed by atoms with Crippen molar-refractivity contribution >= 4 is 34.8 Å². The molecule has 1 N–H and O–H groups in total. The molecule has 0 aliphatic heterocycles. The third-order valence-corrected chi connectivity index (χ3v) is 4.05. The number of aromatic nitrogens is 2. The molecule has 0 aliphatic carbocycles. The first-order valence-electron chi connectivity index (χ1n) is 7.30. The van der Waals surface area contributed by atoms with Crippen LogP contribution in [-0.4, -0.2) is 15.9 Å². The van der Waals surface area contributed by atoms with E-state index in [0.29, 0.717) is 38.4 Å². The van der Waals surface area contributed by atoms with Crippen LogP contribution in [0.25, 0.3) is 11.4 Å². The predicted octanol–water partition coefficient (Wildman–Crippen LogP) is 5.15. The standard InChI is InChI=1S/C18H12Cl2FN3O/c1-10-14(18(25)24-16-7-4-12(19)8-15(16)20)9-22-17(23-10)11-2-5-13(21)6-3-11/h2-9H,1H3,(H,24,25). The maximum atomic E-state index is 13.0. The largest absolute Gasteiger partial charge is 0.321 e. The molecule has 0 bridgehead atoms.